The van der Waals surface area contributed by atoms with Crippen molar-refractivity contribution in [2.45, 2.75) is 20.0 Å². The number of benzene rings is 1. The van der Waals surface area contributed by atoms with E-state index in [1.807, 2.05) is 17.7 Å². The van der Waals surface area contributed by atoms with E-state index in [2.05, 4.69) is 9.97 Å². The van der Waals surface area contributed by atoms with E-state index in [9.17, 15) is 9.90 Å². The van der Waals surface area contributed by atoms with Gasteiger partial charge in [-0.3, -0.25) is 0 Å². The number of aromatic nitrogens is 2. The van der Waals surface area contributed by atoms with Crippen LogP contribution in [0, 0.1) is 6.92 Å². The quantitative estimate of drug-likeness (QED) is 0.546. The number of carboxylic acid groups (broad SMARTS) is 1. The Labute approximate surface area is 169 Å². The third kappa shape index (κ3) is 5.12. The minimum atomic E-state index is -1.09. The summed E-state index contributed by atoms with van der Waals surface area (Å²) in [4.78, 5) is 19.5. The zero-order valence-electron chi connectivity index (χ0n) is 13.3. The third-order valence-corrected chi connectivity index (χ3v) is 5.01. The molecule has 0 amide bonds. The summed E-state index contributed by atoms with van der Waals surface area (Å²) in [7, 11) is 0. The maximum absolute atomic E-state index is 10.5. The van der Waals surface area contributed by atoms with E-state index < -0.39 is 5.97 Å². The van der Waals surface area contributed by atoms with Crippen LogP contribution < -0.4 is 39.4 Å². The van der Waals surface area contributed by atoms with Gasteiger partial charge in [-0.25, -0.2) is 9.97 Å². The number of hydrogen-bond donors (Lipinski definition) is 0. The van der Waals surface area contributed by atoms with Crippen molar-refractivity contribution in [2.75, 3.05) is 0 Å². The van der Waals surface area contributed by atoms with Crippen LogP contribution in [-0.2, 0) is 17.8 Å². The minimum Gasteiger partial charge on any atom is -0.550 e. The minimum absolute atomic E-state index is 0. The van der Waals surface area contributed by atoms with E-state index in [0.717, 1.165) is 21.4 Å². The Kier molecular flexibility index (Phi) is 6.94. The number of carbonyl (C=O) groups is 1. The largest absolute Gasteiger partial charge is 1.00 e. The molecule has 8 heteroatoms. The van der Waals surface area contributed by atoms with Crippen LogP contribution >= 0.6 is 22.7 Å². The zero-order chi connectivity index (χ0) is 16.2. The molecule has 24 heavy (non-hydrogen) atoms. The van der Waals surface area contributed by atoms with Gasteiger partial charge < -0.3 is 14.6 Å². The van der Waals surface area contributed by atoms with Crippen molar-refractivity contribution in [3.05, 3.63) is 52.0 Å². The molecule has 0 fully saturated rings. The zero-order valence-corrected chi connectivity index (χ0v) is 16.9. The van der Waals surface area contributed by atoms with Gasteiger partial charge in [-0.2, -0.15) is 0 Å². The number of aliphatic carboxylic acids is 1. The number of carbonyl (C=O) groups excluding carboxylic acids is 1. The van der Waals surface area contributed by atoms with Gasteiger partial charge >= 0.3 is 29.6 Å². The summed E-state index contributed by atoms with van der Waals surface area (Å²) in [6.07, 6.45) is -0.0943. The van der Waals surface area contributed by atoms with Gasteiger partial charge in [0.2, 0.25) is 0 Å². The number of nitrogens with zero attached hydrogens (tertiary/aromatic N) is 2. The first-order valence-corrected chi connectivity index (χ1v) is 8.64. The first kappa shape index (κ1) is 19.1. The molecule has 0 bridgehead atoms. The molecule has 0 N–H and O–H groups in total. The van der Waals surface area contributed by atoms with Gasteiger partial charge in [0.1, 0.15) is 12.4 Å². The summed E-state index contributed by atoms with van der Waals surface area (Å²) in [6, 6.07) is 6.93. The number of carboxylic acids is 1. The number of ether oxygens (including phenoxy) is 1. The maximum atomic E-state index is 10.5. The molecule has 0 aliphatic carbocycles. The van der Waals surface area contributed by atoms with Crippen LogP contribution in [0.2, 0.25) is 0 Å². The monoisotopic (exact) mass is 368 g/mol. The van der Waals surface area contributed by atoms with E-state index in [1.54, 1.807) is 46.9 Å². The van der Waals surface area contributed by atoms with Gasteiger partial charge in [0.15, 0.2) is 10.0 Å². The molecule has 118 valence electrons. The maximum Gasteiger partial charge on any atom is 1.00 e. The predicted octanol–water partition coefficient (Wildman–Crippen LogP) is -0.550. The molecule has 2 heterocycles. The molecule has 0 saturated heterocycles. The topological polar surface area (TPSA) is 75.1 Å². The molecule has 5 nitrogen and oxygen atoms in total. The van der Waals surface area contributed by atoms with Gasteiger partial charge in [-0.1, -0.05) is 12.1 Å². The van der Waals surface area contributed by atoms with Gasteiger partial charge in [0.25, 0.3) is 0 Å². The van der Waals surface area contributed by atoms with Crippen LogP contribution in [0.25, 0.3) is 10.0 Å². The summed E-state index contributed by atoms with van der Waals surface area (Å²) in [5.74, 6) is -0.419. The number of thiazole rings is 2. The average molecular weight is 368 g/mol. The van der Waals surface area contributed by atoms with Gasteiger partial charge in [-0.05, 0) is 24.6 Å². The first-order valence-electron chi connectivity index (χ1n) is 6.88. The van der Waals surface area contributed by atoms with Crippen molar-refractivity contribution in [2.24, 2.45) is 0 Å². The van der Waals surface area contributed by atoms with Crippen LogP contribution in [0.5, 0.6) is 5.75 Å². The van der Waals surface area contributed by atoms with Gasteiger partial charge in [-0.15, -0.1) is 22.7 Å². The van der Waals surface area contributed by atoms with E-state index in [1.165, 1.54) is 0 Å². The molecular weight excluding hydrogens is 355 g/mol. The smallest absolute Gasteiger partial charge is 0.550 e. The normalized spacial score (nSPS) is 10.2. The van der Waals surface area contributed by atoms with E-state index >= 15 is 0 Å². The van der Waals surface area contributed by atoms with Crippen LogP contribution in [0.15, 0.2) is 35.0 Å². The van der Waals surface area contributed by atoms with Crippen molar-refractivity contribution in [1.82, 2.24) is 9.97 Å². The molecule has 0 saturated carbocycles. The SMILES string of the molecule is Cc1csc(-c2nc(COc3ccc(CC(=O)[O-])cc3)cs2)n1.[Na+]. The van der Waals surface area contributed by atoms with Crippen LogP contribution in [0.1, 0.15) is 17.0 Å². The second-order valence-electron chi connectivity index (χ2n) is 4.92. The first-order chi connectivity index (χ1) is 11.1. The van der Waals surface area contributed by atoms with Crippen LogP contribution in [-0.4, -0.2) is 15.9 Å². The Morgan fingerprint density at radius 2 is 1.79 bits per heavy atom. The van der Waals surface area contributed by atoms with E-state index in [-0.39, 0.29) is 36.0 Å². The predicted molar refractivity (Wildman–Crippen MR) is 87.4 cm³/mol. The molecule has 1 aromatic carbocycles. The molecule has 0 aliphatic heterocycles. The third-order valence-electron chi connectivity index (χ3n) is 3.01. The Hall–Kier alpha value is -1.25. The average Bonchev–Trinajstić information content (AvgIpc) is 3.15. The standard InChI is InChI=1S/C16H14N2O3S2.Na/c1-10-8-22-15(17-10)16-18-12(9-23-16)7-21-13-4-2-11(3-5-13)6-14(19)20;/h2-5,8-9H,6-7H2,1H3,(H,19,20);/q;+1/p-1. The summed E-state index contributed by atoms with van der Waals surface area (Å²) in [6.45, 7) is 2.32. The van der Waals surface area contributed by atoms with Crippen molar-refractivity contribution in [3.8, 4) is 15.8 Å². The van der Waals surface area contributed by atoms with Crippen molar-refractivity contribution >= 4 is 28.6 Å². The van der Waals surface area contributed by atoms with Crippen molar-refractivity contribution < 1.29 is 44.2 Å². The molecule has 0 spiro atoms. The van der Waals surface area contributed by atoms with Crippen LogP contribution in [0.4, 0.5) is 0 Å². The Morgan fingerprint density at radius 3 is 2.42 bits per heavy atom. The molecule has 0 unspecified atom stereocenters. The molecule has 0 radical (unpaired) electrons. The summed E-state index contributed by atoms with van der Waals surface area (Å²) in [5.41, 5.74) is 2.53. The van der Waals surface area contributed by atoms with E-state index in [4.69, 9.17) is 4.74 Å². The Morgan fingerprint density at radius 1 is 1.12 bits per heavy atom. The summed E-state index contributed by atoms with van der Waals surface area (Å²) < 4.78 is 5.67. The number of aryl methyl sites for hydroxylation is 1. The second-order valence-corrected chi connectivity index (χ2v) is 6.64. The van der Waals surface area contributed by atoms with Crippen molar-refractivity contribution in [1.29, 1.82) is 0 Å². The van der Waals surface area contributed by atoms with Gasteiger partial charge in [0, 0.05) is 28.8 Å². The molecule has 2 aromatic heterocycles. The second kappa shape index (κ2) is 8.73. The number of rotatable bonds is 6. The molecule has 0 aliphatic rings. The van der Waals surface area contributed by atoms with Gasteiger partial charge in [0.05, 0.1) is 5.69 Å². The molecular formula is C16H13N2NaO3S2. The molecule has 3 aromatic rings. The van der Waals surface area contributed by atoms with E-state index in [0.29, 0.717) is 17.9 Å². The fourth-order valence-electron chi connectivity index (χ4n) is 1.95. The molecule has 3 rings (SSSR count). The molecule has 0 atom stereocenters. The Bertz CT molecular complexity index is 815. The number of hydrogen-bond acceptors (Lipinski definition) is 7. The summed E-state index contributed by atoms with van der Waals surface area (Å²) in [5, 5.41) is 16.3. The fraction of sp³-hybridized carbons (Fsp3) is 0.188. The fourth-order valence-corrected chi connectivity index (χ4v) is 3.60. The van der Waals surface area contributed by atoms with Crippen LogP contribution in [0.3, 0.4) is 0 Å². The van der Waals surface area contributed by atoms with Crippen molar-refractivity contribution in [3.63, 3.8) is 0 Å². The summed E-state index contributed by atoms with van der Waals surface area (Å²) >= 11 is 3.12. The Balaban J connectivity index is 0.00000208.